The van der Waals surface area contributed by atoms with E-state index in [-0.39, 0.29) is 5.54 Å². The van der Waals surface area contributed by atoms with Crippen LogP contribution in [0.25, 0.3) is 0 Å². The van der Waals surface area contributed by atoms with Gasteiger partial charge in [0.15, 0.2) is 0 Å². The lowest BCUT2D eigenvalue weighted by molar-refractivity contribution is 0.101. The Bertz CT molecular complexity index is 198. The zero-order valence-corrected chi connectivity index (χ0v) is 12.0. The van der Waals surface area contributed by atoms with Crippen molar-refractivity contribution in [1.29, 1.82) is 0 Å². The minimum absolute atomic E-state index is 0.192. The van der Waals surface area contributed by atoms with Crippen LogP contribution < -0.4 is 11.3 Å². The Balaban J connectivity index is 2.40. The molecule has 0 saturated carbocycles. The Hall–Kier alpha value is -0.120. The van der Waals surface area contributed by atoms with Gasteiger partial charge in [-0.25, -0.2) is 0 Å². The summed E-state index contributed by atoms with van der Waals surface area (Å²) in [5.41, 5.74) is 3.25. The lowest BCUT2D eigenvalue weighted by Crippen LogP contribution is -2.58. The number of nitrogens with two attached hydrogens (primary N) is 1. The molecule has 3 N–H and O–H groups in total. The Kier molecular flexibility index (Phi) is 6.45. The minimum Gasteiger partial charge on any atom is -0.297 e. The van der Waals surface area contributed by atoms with E-state index in [1.165, 1.54) is 58.0 Å². The highest BCUT2D eigenvalue weighted by atomic mass is 15.3. The first-order valence-electron chi connectivity index (χ1n) is 7.34. The summed E-state index contributed by atoms with van der Waals surface area (Å²) in [7, 11) is 0. The highest BCUT2D eigenvalue weighted by Crippen LogP contribution is 2.26. The second-order valence-corrected chi connectivity index (χ2v) is 5.92. The van der Waals surface area contributed by atoms with E-state index in [9.17, 15) is 0 Å². The van der Waals surface area contributed by atoms with E-state index in [1.54, 1.807) is 0 Å². The molecule has 1 unspecified atom stereocenters. The van der Waals surface area contributed by atoms with Gasteiger partial charge in [-0.1, -0.05) is 32.6 Å². The van der Waals surface area contributed by atoms with Crippen LogP contribution in [0.3, 0.4) is 0 Å². The van der Waals surface area contributed by atoms with E-state index in [4.69, 9.17) is 5.84 Å². The van der Waals surface area contributed by atoms with Crippen molar-refractivity contribution in [3.05, 3.63) is 0 Å². The van der Waals surface area contributed by atoms with Crippen molar-refractivity contribution in [2.24, 2.45) is 5.84 Å². The maximum absolute atomic E-state index is 5.76. The Morgan fingerprint density at radius 1 is 1.18 bits per heavy atom. The van der Waals surface area contributed by atoms with Gasteiger partial charge in [-0.3, -0.25) is 16.2 Å². The molecular formula is C14H31N3. The first kappa shape index (κ1) is 14.9. The zero-order valence-electron chi connectivity index (χ0n) is 12.0. The molecule has 1 rings (SSSR count). The van der Waals surface area contributed by atoms with Gasteiger partial charge in [0.05, 0.1) is 0 Å². The zero-order chi connectivity index (χ0) is 12.7. The van der Waals surface area contributed by atoms with Crippen LogP contribution >= 0.6 is 0 Å². The van der Waals surface area contributed by atoms with Gasteiger partial charge in [-0.05, 0) is 46.2 Å². The maximum Gasteiger partial charge on any atom is 0.0389 e. The van der Waals surface area contributed by atoms with Crippen molar-refractivity contribution in [2.45, 2.75) is 77.3 Å². The summed E-state index contributed by atoms with van der Waals surface area (Å²) in [5.74, 6) is 5.76. The molecular weight excluding hydrogens is 210 g/mol. The van der Waals surface area contributed by atoms with E-state index < -0.39 is 0 Å². The summed E-state index contributed by atoms with van der Waals surface area (Å²) in [6.45, 7) is 9.40. The molecule has 0 aromatic heterocycles. The highest BCUT2D eigenvalue weighted by Gasteiger charge is 2.35. The normalized spacial score (nSPS) is 19.8. The average Bonchev–Trinajstić information content (AvgIpc) is 2.83. The molecule has 1 fully saturated rings. The largest absolute Gasteiger partial charge is 0.297 e. The minimum atomic E-state index is 0.192. The number of rotatable bonds is 8. The Labute approximate surface area is 107 Å². The molecule has 3 nitrogen and oxygen atoms in total. The van der Waals surface area contributed by atoms with Crippen LogP contribution in [-0.2, 0) is 0 Å². The molecule has 0 bridgehead atoms. The first-order chi connectivity index (χ1) is 8.12. The van der Waals surface area contributed by atoms with E-state index in [1.807, 2.05) is 0 Å². The second kappa shape index (κ2) is 7.34. The summed E-state index contributed by atoms with van der Waals surface area (Å²) >= 11 is 0. The number of unbranched alkanes of at least 4 members (excludes halogenated alkanes) is 3. The van der Waals surface area contributed by atoms with Crippen LogP contribution in [0.4, 0.5) is 0 Å². The summed E-state index contributed by atoms with van der Waals surface area (Å²) in [5, 5.41) is 0. The number of hydrazine groups is 1. The Morgan fingerprint density at radius 3 is 2.35 bits per heavy atom. The van der Waals surface area contributed by atoms with Crippen molar-refractivity contribution in [3.63, 3.8) is 0 Å². The van der Waals surface area contributed by atoms with Crippen LogP contribution in [0.1, 0.15) is 65.7 Å². The lowest BCUT2D eigenvalue weighted by atomic mass is 9.89. The van der Waals surface area contributed by atoms with Crippen molar-refractivity contribution in [3.8, 4) is 0 Å². The molecule has 1 aliphatic heterocycles. The van der Waals surface area contributed by atoms with E-state index in [0.717, 1.165) is 0 Å². The SMILES string of the molecule is CCCCCCC(NN)C(C)(C)N1CCCC1. The van der Waals surface area contributed by atoms with Crippen LogP contribution in [0, 0.1) is 0 Å². The lowest BCUT2D eigenvalue weighted by Gasteiger charge is -2.42. The quantitative estimate of drug-likeness (QED) is 0.390. The molecule has 3 heteroatoms. The van der Waals surface area contributed by atoms with Crippen LogP contribution in [0.15, 0.2) is 0 Å². The van der Waals surface area contributed by atoms with Gasteiger partial charge in [0.1, 0.15) is 0 Å². The van der Waals surface area contributed by atoms with E-state index in [2.05, 4.69) is 31.1 Å². The number of hydrogen-bond donors (Lipinski definition) is 2. The van der Waals surface area contributed by atoms with Crippen LogP contribution in [0.2, 0.25) is 0 Å². The van der Waals surface area contributed by atoms with Gasteiger partial charge in [0.25, 0.3) is 0 Å². The van der Waals surface area contributed by atoms with Gasteiger partial charge in [-0.15, -0.1) is 0 Å². The third-order valence-electron chi connectivity index (χ3n) is 4.32. The van der Waals surface area contributed by atoms with Gasteiger partial charge in [0, 0.05) is 11.6 Å². The van der Waals surface area contributed by atoms with Crippen LogP contribution in [0.5, 0.6) is 0 Å². The van der Waals surface area contributed by atoms with Crippen molar-refractivity contribution in [1.82, 2.24) is 10.3 Å². The molecule has 1 heterocycles. The number of nitrogens with zero attached hydrogens (tertiary/aromatic N) is 1. The van der Waals surface area contributed by atoms with Gasteiger partial charge in [0.2, 0.25) is 0 Å². The third-order valence-corrected chi connectivity index (χ3v) is 4.32. The maximum atomic E-state index is 5.76. The topological polar surface area (TPSA) is 41.3 Å². The molecule has 0 aromatic rings. The molecule has 0 amide bonds. The van der Waals surface area contributed by atoms with Crippen molar-refractivity contribution < 1.29 is 0 Å². The molecule has 17 heavy (non-hydrogen) atoms. The van der Waals surface area contributed by atoms with Crippen molar-refractivity contribution >= 4 is 0 Å². The molecule has 0 aliphatic carbocycles. The second-order valence-electron chi connectivity index (χ2n) is 5.92. The summed E-state index contributed by atoms with van der Waals surface area (Å²) in [6.07, 6.45) is 9.16. The molecule has 0 spiro atoms. The van der Waals surface area contributed by atoms with E-state index in [0.29, 0.717) is 6.04 Å². The smallest absolute Gasteiger partial charge is 0.0389 e. The average molecular weight is 241 g/mol. The molecule has 1 atom stereocenters. The predicted molar refractivity (Wildman–Crippen MR) is 74.8 cm³/mol. The molecule has 0 radical (unpaired) electrons. The fourth-order valence-corrected chi connectivity index (χ4v) is 2.93. The number of likely N-dealkylation sites (tertiary alicyclic amines) is 1. The standard InChI is InChI=1S/C14H31N3/c1-4-5-6-7-10-13(16-15)14(2,3)17-11-8-9-12-17/h13,16H,4-12,15H2,1-3H3. The molecule has 1 saturated heterocycles. The van der Waals surface area contributed by atoms with Gasteiger partial charge >= 0.3 is 0 Å². The summed E-state index contributed by atoms with van der Waals surface area (Å²) in [4.78, 5) is 2.59. The van der Waals surface area contributed by atoms with Crippen molar-refractivity contribution in [2.75, 3.05) is 13.1 Å². The summed E-state index contributed by atoms with van der Waals surface area (Å²) < 4.78 is 0. The third kappa shape index (κ3) is 4.23. The monoisotopic (exact) mass is 241 g/mol. The molecule has 102 valence electrons. The number of hydrogen-bond acceptors (Lipinski definition) is 3. The molecule has 1 aliphatic rings. The van der Waals surface area contributed by atoms with Gasteiger partial charge < -0.3 is 0 Å². The molecule has 0 aromatic carbocycles. The first-order valence-corrected chi connectivity index (χ1v) is 7.34. The fourth-order valence-electron chi connectivity index (χ4n) is 2.93. The van der Waals surface area contributed by atoms with E-state index >= 15 is 0 Å². The van der Waals surface area contributed by atoms with Gasteiger partial charge in [-0.2, -0.15) is 0 Å². The fraction of sp³-hybridized carbons (Fsp3) is 1.00. The predicted octanol–water partition coefficient (Wildman–Crippen LogP) is 2.66. The number of nitrogens with one attached hydrogen (secondary N) is 1. The van der Waals surface area contributed by atoms with Crippen LogP contribution in [-0.4, -0.2) is 29.6 Å². The Morgan fingerprint density at radius 2 is 1.82 bits per heavy atom. The highest BCUT2D eigenvalue weighted by molar-refractivity contribution is 4.94. The summed E-state index contributed by atoms with van der Waals surface area (Å²) in [6, 6.07) is 0.414.